The summed E-state index contributed by atoms with van der Waals surface area (Å²) in [4.78, 5) is 2.41. The van der Waals surface area contributed by atoms with Gasteiger partial charge in [-0.2, -0.15) is 0 Å². The van der Waals surface area contributed by atoms with Crippen LogP contribution >= 0.6 is 0 Å². The number of likely N-dealkylation sites (tertiary alicyclic amines) is 1. The van der Waals surface area contributed by atoms with Gasteiger partial charge in [0.15, 0.2) is 0 Å². The van der Waals surface area contributed by atoms with E-state index in [0.717, 1.165) is 37.6 Å². The Kier molecular flexibility index (Phi) is 6.15. The summed E-state index contributed by atoms with van der Waals surface area (Å²) in [5, 5.41) is 8.94. The second kappa shape index (κ2) is 8.12. The lowest BCUT2D eigenvalue weighted by Crippen LogP contribution is -2.26. The second-order valence-corrected chi connectivity index (χ2v) is 5.22. The molecule has 1 heterocycles. The standard InChI is InChI=1S/C16H25NO3/c1-2-19-15-3-5-16(6-4-15)20-12-10-17-9-7-14(13-17)8-11-18/h3-6,14,18H,2,7-13H2,1H3. The van der Waals surface area contributed by atoms with Crippen molar-refractivity contribution in [3.63, 3.8) is 0 Å². The topological polar surface area (TPSA) is 41.9 Å². The van der Waals surface area contributed by atoms with Gasteiger partial charge in [0, 0.05) is 19.7 Å². The summed E-state index contributed by atoms with van der Waals surface area (Å²) >= 11 is 0. The van der Waals surface area contributed by atoms with E-state index in [1.165, 1.54) is 6.42 Å². The van der Waals surface area contributed by atoms with E-state index in [1.807, 2.05) is 31.2 Å². The first kappa shape index (κ1) is 15.1. The van der Waals surface area contributed by atoms with Crippen LogP contribution < -0.4 is 9.47 Å². The molecule has 1 atom stereocenters. The maximum absolute atomic E-state index is 8.94. The Balaban J connectivity index is 1.66. The zero-order valence-corrected chi connectivity index (χ0v) is 12.3. The van der Waals surface area contributed by atoms with Crippen LogP contribution in [0.2, 0.25) is 0 Å². The minimum atomic E-state index is 0.307. The molecule has 1 unspecified atom stereocenters. The molecule has 1 aliphatic heterocycles. The van der Waals surface area contributed by atoms with Crippen molar-refractivity contribution < 1.29 is 14.6 Å². The first-order chi connectivity index (χ1) is 9.81. The lowest BCUT2D eigenvalue weighted by atomic mass is 10.1. The molecule has 1 N–H and O–H groups in total. The summed E-state index contributed by atoms with van der Waals surface area (Å²) in [5.74, 6) is 2.43. The van der Waals surface area contributed by atoms with Crippen molar-refractivity contribution in [2.45, 2.75) is 19.8 Å². The molecular weight excluding hydrogens is 254 g/mol. The van der Waals surface area contributed by atoms with E-state index in [4.69, 9.17) is 14.6 Å². The van der Waals surface area contributed by atoms with Crippen LogP contribution in [-0.2, 0) is 0 Å². The number of aliphatic hydroxyl groups is 1. The number of hydrogen-bond acceptors (Lipinski definition) is 4. The third kappa shape index (κ3) is 4.69. The average Bonchev–Trinajstić information content (AvgIpc) is 2.89. The first-order valence-corrected chi connectivity index (χ1v) is 7.50. The van der Waals surface area contributed by atoms with Crippen LogP contribution in [0.1, 0.15) is 19.8 Å². The molecule has 20 heavy (non-hydrogen) atoms. The minimum absolute atomic E-state index is 0.307. The van der Waals surface area contributed by atoms with E-state index in [-0.39, 0.29) is 0 Å². The highest BCUT2D eigenvalue weighted by atomic mass is 16.5. The van der Waals surface area contributed by atoms with Gasteiger partial charge in [-0.15, -0.1) is 0 Å². The highest BCUT2D eigenvalue weighted by molar-refractivity contribution is 5.31. The van der Waals surface area contributed by atoms with Gasteiger partial charge in [-0.05, 0) is 56.5 Å². The lowest BCUT2D eigenvalue weighted by molar-refractivity contribution is 0.222. The summed E-state index contributed by atoms with van der Waals surface area (Å²) in [6.45, 7) is 6.84. The Hall–Kier alpha value is -1.26. The molecule has 4 heteroatoms. The average molecular weight is 279 g/mol. The molecule has 1 fully saturated rings. The van der Waals surface area contributed by atoms with E-state index >= 15 is 0 Å². The van der Waals surface area contributed by atoms with Gasteiger partial charge in [-0.1, -0.05) is 0 Å². The zero-order valence-electron chi connectivity index (χ0n) is 12.3. The number of rotatable bonds is 8. The maximum atomic E-state index is 8.94. The minimum Gasteiger partial charge on any atom is -0.494 e. The van der Waals surface area contributed by atoms with Crippen molar-refractivity contribution in [1.82, 2.24) is 4.90 Å². The van der Waals surface area contributed by atoms with Gasteiger partial charge < -0.3 is 14.6 Å². The van der Waals surface area contributed by atoms with Crippen LogP contribution in [0.3, 0.4) is 0 Å². The molecule has 1 aromatic carbocycles. The van der Waals surface area contributed by atoms with E-state index in [9.17, 15) is 0 Å². The summed E-state index contributed by atoms with van der Waals surface area (Å²) in [6, 6.07) is 7.77. The normalized spacial score (nSPS) is 19.2. The van der Waals surface area contributed by atoms with Crippen LogP contribution in [0.4, 0.5) is 0 Å². The lowest BCUT2D eigenvalue weighted by Gasteiger charge is -2.16. The second-order valence-electron chi connectivity index (χ2n) is 5.22. The molecule has 0 spiro atoms. The third-order valence-electron chi connectivity index (χ3n) is 3.72. The van der Waals surface area contributed by atoms with Crippen LogP contribution in [0.25, 0.3) is 0 Å². The van der Waals surface area contributed by atoms with Gasteiger partial charge in [-0.25, -0.2) is 0 Å². The fourth-order valence-corrected chi connectivity index (χ4v) is 2.63. The zero-order chi connectivity index (χ0) is 14.2. The number of benzene rings is 1. The summed E-state index contributed by atoms with van der Waals surface area (Å²) < 4.78 is 11.1. The molecule has 0 radical (unpaired) electrons. The van der Waals surface area contributed by atoms with Crippen LogP contribution in [0.15, 0.2) is 24.3 Å². The SMILES string of the molecule is CCOc1ccc(OCCN2CCC(CCO)C2)cc1. The van der Waals surface area contributed by atoms with Crippen molar-refractivity contribution in [3.8, 4) is 11.5 Å². The van der Waals surface area contributed by atoms with Gasteiger partial charge >= 0.3 is 0 Å². The van der Waals surface area contributed by atoms with Crippen LogP contribution in [0.5, 0.6) is 11.5 Å². The maximum Gasteiger partial charge on any atom is 0.119 e. The highest BCUT2D eigenvalue weighted by Crippen LogP contribution is 2.20. The van der Waals surface area contributed by atoms with Crippen molar-refractivity contribution in [1.29, 1.82) is 0 Å². The first-order valence-electron chi connectivity index (χ1n) is 7.50. The van der Waals surface area contributed by atoms with Gasteiger partial charge in [0.1, 0.15) is 18.1 Å². The smallest absolute Gasteiger partial charge is 0.119 e. The van der Waals surface area contributed by atoms with Crippen molar-refractivity contribution in [2.24, 2.45) is 5.92 Å². The molecule has 2 rings (SSSR count). The Bertz CT molecular complexity index is 380. The molecule has 0 bridgehead atoms. The summed E-state index contributed by atoms with van der Waals surface area (Å²) in [6.07, 6.45) is 2.12. The van der Waals surface area contributed by atoms with E-state index in [1.54, 1.807) is 0 Å². The third-order valence-corrected chi connectivity index (χ3v) is 3.72. The summed E-state index contributed by atoms with van der Waals surface area (Å²) in [5.41, 5.74) is 0. The van der Waals surface area contributed by atoms with Gasteiger partial charge in [0.05, 0.1) is 6.61 Å². The summed E-state index contributed by atoms with van der Waals surface area (Å²) in [7, 11) is 0. The van der Waals surface area contributed by atoms with Crippen molar-refractivity contribution >= 4 is 0 Å². The number of nitrogens with zero attached hydrogens (tertiary/aromatic N) is 1. The molecule has 0 aliphatic carbocycles. The quantitative estimate of drug-likeness (QED) is 0.792. The predicted molar refractivity (Wildman–Crippen MR) is 79.4 cm³/mol. The van der Waals surface area contributed by atoms with E-state index in [2.05, 4.69) is 4.90 Å². The van der Waals surface area contributed by atoms with E-state index < -0.39 is 0 Å². The molecule has 112 valence electrons. The molecule has 1 aromatic rings. The Morgan fingerprint density at radius 2 is 1.90 bits per heavy atom. The fraction of sp³-hybridized carbons (Fsp3) is 0.625. The monoisotopic (exact) mass is 279 g/mol. The molecule has 0 saturated carbocycles. The molecule has 0 amide bonds. The molecular formula is C16H25NO3. The van der Waals surface area contributed by atoms with Gasteiger partial charge in [0.2, 0.25) is 0 Å². The largest absolute Gasteiger partial charge is 0.494 e. The molecule has 4 nitrogen and oxygen atoms in total. The number of ether oxygens (including phenoxy) is 2. The molecule has 1 saturated heterocycles. The number of hydrogen-bond donors (Lipinski definition) is 1. The molecule has 0 aromatic heterocycles. The van der Waals surface area contributed by atoms with Crippen LogP contribution in [-0.4, -0.2) is 49.5 Å². The van der Waals surface area contributed by atoms with Gasteiger partial charge in [-0.3, -0.25) is 4.90 Å². The fourth-order valence-electron chi connectivity index (χ4n) is 2.63. The van der Waals surface area contributed by atoms with Gasteiger partial charge in [0.25, 0.3) is 0 Å². The molecule has 1 aliphatic rings. The predicted octanol–water partition coefficient (Wildman–Crippen LogP) is 2.17. The van der Waals surface area contributed by atoms with Crippen molar-refractivity contribution in [3.05, 3.63) is 24.3 Å². The Morgan fingerprint density at radius 3 is 2.55 bits per heavy atom. The van der Waals surface area contributed by atoms with Crippen LogP contribution in [0, 0.1) is 5.92 Å². The Labute approximate surface area is 121 Å². The highest BCUT2D eigenvalue weighted by Gasteiger charge is 2.21. The van der Waals surface area contributed by atoms with E-state index in [0.29, 0.717) is 25.7 Å². The Morgan fingerprint density at radius 1 is 1.20 bits per heavy atom. The number of aliphatic hydroxyl groups excluding tert-OH is 1. The van der Waals surface area contributed by atoms with Crippen molar-refractivity contribution in [2.75, 3.05) is 39.5 Å².